The van der Waals surface area contributed by atoms with E-state index in [2.05, 4.69) is 10.6 Å². The van der Waals surface area contributed by atoms with Crippen molar-refractivity contribution in [1.29, 1.82) is 0 Å². The Labute approximate surface area is 116 Å². The van der Waals surface area contributed by atoms with Gasteiger partial charge in [-0.15, -0.1) is 0 Å². The van der Waals surface area contributed by atoms with Crippen LogP contribution in [0.15, 0.2) is 30.3 Å². The summed E-state index contributed by atoms with van der Waals surface area (Å²) in [5, 5.41) is 13.6. The molecule has 6 heteroatoms. The first kappa shape index (κ1) is 15.4. The minimum atomic E-state index is -1.03. The maximum atomic E-state index is 11.7. The maximum absolute atomic E-state index is 11.7. The van der Waals surface area contributed by atoms with Crippen molar-refractivity contribution >= 4 is 23.9 Å². The molecule has 0 saturated heterocycles. The van der Waals surface area contributed by atoms with Gasteiger partial charge in [0.25, 0.3) is 5.91 Å². The van der Waals surface area contributed by atoms with E-state index in [1.165, 1.54) is 6.08 Å². The van der Waals surface area contributed by atoms with Gasteiger partial charge in [0, 0.05) is 18.2 Å². The monoisotopic (exact) mass is 276 g/mol. The van der Waals surface area contributed by atoms with Gasteiger partial charge in [-0.05, 0) is 30.7 Å². The predicted octanol–water partition coefficient (Wildman–Crippen LogP) is 0.650. The Hall–Kier alpha value is -2.63. The third kappa shape index (κ3) is 5.34. The highest BCUT2D eigenvalue weighted by Crippen LogP contribution is 2.06. The number of likely N-dealkylation sites (N-methyl/N-ethyl adjacent to an activating group) is 1. The first-order chi connectivity index (χ1) is 9.52. The Morgan fingerprint density at radius 1 is 1.15 bits per heavy atom. The number of nitrogens with one attached hydrogen (secondary N) is 2. The Morgan fingerprint density at radius 2 is 1.80 bits per heavy atom. The van der Waals surface area contributed by atoms with Gasteiger partial charge in [0.1, 0.15) is 0 Å². The summed E-state index contributed by atoms with van der Waals surface area (Å²) in [7, 11) is 0. The van der Waals surface area contributed by atoms with Crippen molar-refractivity contribution in [1.82, 2.24) is 10.6 Å². The Kier molecular flexibility index (Phi) is 5.96. The van der Waals surface area contributed by atoms with Crippen LogP contribution in [0.2, 0.25) is 0 Å². The van der Waals surface area contributed by atoms with Crippen molar-refractivity contribution in [2.45, 2.75) is 6.92 Å². The van der Waals surface area contributed by atoms with Crippen LogP contribution in [-0.2, 0) is 9.59 Å². The van der Waals surface area contributed by atoms with Gasteiger partial charge in [-0.1, -0.05) is 12.1 Å². The van der Waals surface area contributed by atoms with Gasteiger partial charge in [0.05, 0.1) is 6.54 Å². The highest BCUT2D eigenvalue weighted by molar-refractivity contribution is 5.96. The maximum Gasteiger partial charge on any atom is 0.328 e. The third-order valence-electron chi connectivity index (χ3n) is 2.37. The molecule has 1 aromatic rings. The summed E-state index contributed by atoms with van der Waals surface area (Å²) in [5.74, 6) is -1.64. The summed E-state index contributed by atoms with van der Waals surface area (Å²) in [6.07, 6.45) is 2.45. The molecule has 0 aliphatic rings. The van der Waals surface area contributed by atoms with E-state index in [-0.39, 0.29) is 18.4 Å². The van der Waals surface area contributed by atoms with Crippen LogP contribution in [0.25, 0.3) is 6.08 Å². The molecule has 0 saturated carbocycles. The van der Waals surface area contributed by atoms with Gasteiger partial charge >= 0.3 is 5.97 Å². The molecule has 0 atom stereocenters. The number of hydrogen-bond donors (Lipinski definition) is 3. The fourth-order valence-electron chi connectivity index (χ4n) is 1.44. The van der Waals surface area contributed by atoms with Gasteiger partial charge < -0.3 is 15.7 Å². The van der Waals surface area contributed by atoms with Crippen molar-refractivity contribution in [3.63, 3.8) is 0 Å². The van der Waals surface area contributed by atoms with Crippen molar-refractivity contribution in [3.05, 3.63) is 41.5 Å². The second kappa shape index (κ2) is 7.73. The minimum absolute atomic E-state index is 0.0760. The molecular formula is C14H16N2O4. The molecule has 1 aromatic carbocycles. The van der Waals surface area contributed by atoms with Gasteiger partial charge in [0.2, 0.25) is 5.91 Å². The molecule has 1 rings (SSSR count). The second-order valence-corrected chi connectivity index (χ2v) is 3.93. The number of rotatable bonds is 6. The third-order valence-corrected chi connectivity index (χ3v) is 2.37. The SMILES string of the molecule is CCNC(=O)CNC(=O)c1ccc(C=CC(=O)O)cc1. The normalized spacial score (nSPS) is 10.2. The van der Waals surface area contributed by atoms with Crippen LogP contribution in [0.3, 0.4) is 0 Å². The molecule has 0 radical (unpaired) electrons. The smallest absolute Gasteiger partial charge is 0.328 e. The largest absolute Gasteiger partial charge is 0.478 e. The summed E-state index contributed by atoms with van der Waals surface area (Å²) in [4.78, 5) is 33.3. The molecule has 20 heavy (non-hydrogen) atoms. The van der Waals surface area contributed by atoms with Gasteiger partial charge in [-0.25, -0.2) is 4.79 Å². The molecule has 0 fully saturated rings. The Balaban J connectivity index is 2.57. The molecule has 0 bridgehead atoms. The summed E-state index contributed by atoms with van der Waals surface area (Å²) >= 11 is 0. The van der Waals surface area contributed by atoms with E-state index < -0.39 is 5.97 Å². The molecule has 0 aromatic heterocycles. The van der Waals surface area contributed by atoms with Crippen molar-refractivity contribution < 1.29 is 19.5 Å². The van der Waals surface area contributed by atoms with E-state index >= 15 is 0 Å². The van der Waals surface area contributed by atoms with E-state index in [1.54, 1.807) is 31.2 Å². The van der Waals surface area contributed by atoms with Crippen LogP contribution in [-0.4, -0.2) is 36.0 Å². The molecule has 0 spiro atoms. The summed E-state index contributed by atoms with van der Waals surface area (Å²) in [5.41, 5.74) is 1.08. The van der Waals surface area contributed by atoms with Crippen LogP contribution in [0.5, 0.6) is 0 Å². The van der Waals surface area contributed by atoms with Gasteiger partial charge in [-0.3, -0.25) is 9.59 Å². The highest BCUT2D eigenvalue weighted by atomic mass is 16.4. The number of benzene rings is 1. The van der Waals surface area contributed by atoms with E-state index in [0.717, 1.165) is 6.08 Å². The van der Waals surface area contributed by atoms with Crippen molar-refractivity contribution in [2.24, 2.45) is 0 Å². The summed E-state index contributed by atoms with van der Waals surface area (Å²) in [6.45, 7) is 2.23. The lowest BCUT2D eigenvalue weighted by Crippen LogP contribution is -2.36. The van der Waals surface area contributed by atoms with Crippen LogP contribution >= 0.6 is 0 Å². The van der Waals surface area contributed by atoms with Gasteiger partial charge in [0.15, 0.2) is 0 Å². The van der Waals surface area contributed by atoms with Crippen LogP contribution in [0, 0.1) is 0 Å². The van der Waals surface area contributed by atoms with E-state index in [0.29, 0.717) is 17.7 Å². The predicted molar refractivity (Wildman–Crippen MR) is 74.1 cm³/mol. The molecular weight excluding hydrogens is 260 g/mol. The number of carbonyl (C=O) groups excluding carboxylic acids is 2. The average molecular weight is 276 g/mol. The number of aliphatic carboxylic acids is 1. The molecule has 0 heterocycles. The minimum Gasteiger partial charge on any atom is -0.478 e. The number of hydrogen-bond acceptors (Lipinski definition) is 3. The lowest BCUT2D eigenvalue weighted by Gasteiger charge is -2.05. The van der Waals surface area contributed by atoms with E-state index in [1.807, 2.05) is 0 Å². The molecule has 0 aliphatic carbocycles. The zero-order chi connectivity index (χ0) is 15.0. The molecule has 106 valence electrons. The molecule has 0 unspecified atom stereocenters. The van der Waals surface area contributed by atoms with Crippen LogP contribution in [0.1, 0.15) is 22.8 Å². The van der Waals surface area contributed by atoms with Crippen LogP contribution < -0.4 is 10.6 Å². The Bertz CT molecular complexity index is 520. The molecule has 6 nitrogen and oxygen atoms in total. The number of carboxylic acids is 1. The zero-order valence-corrected chi connectivity index (χ0v) is 11.1. The fourth-order valence-corrected chi connectivity index (χ4v) is 1.44. The molecule has 2 amide bonds. The fraction of sp³-hybridized carbons (Fsp3) is 0.214. The second-order valence-electron chi connectivity index (χ2n) is 3.93. The number of amides is 2. The van der Waals surface area contributed by atoms with Crippen molar-refractivity contribution in [2.75, 3.05) is 13.1 Å². The zero-order valence-electron chi connectivity index (χ0n) is 11.1. The first-order valence-corrected chi connectivity index (χ1v) is 6.09. The highest BCUT2D eigenvalue weighted by Gasteiger charge is 2.06. The quantitative estimate of drug-likeness (QED) is 0.665. The standard InChI is InChI=1S/C14H16N2O4/c1-2-15-12(17)9-16-14(20)11-6-3-10(4-7-11)5-8-13(18)19/h3-8H,2,9H2,1H3,(H,15,17)(H,16,20)(H,18,19). The van der Waals surface area contributed by atoms with E-state index in [9.17, 15) is 14.4 Å². The van der Waals surface area contributed by atoms with Crippen LogP contribution in [0.4, 0.5) is 0 Å². The van der Waals surface area contributed by atoms with Crippen molar-refractivity contribution in [3.8, 4) is 0 Å². The van der Waals surface area contributed by atoms with Gasteiger partial charge in [-0.2, -0.15) is 0 Å². The summed E-state index contributed by atoms with van der Waals surface area (Å²) < 4.78 is 0. The number of carbonyl (C=O) groups is 3. The topological polar surface area (TPSA) is 95.5 Å². The average Bonchev–Trinajstić information content (AvgIpc) is 2.43. The first-order valence-electron chi connectivity index (χ1n) is 6.09. The molecule has 0 aliphatic heterocycles. The Morgan fingerprint density at radius 3 is 2.35 bits per heavy atom. The number of carboxylic acid groups (broad SMARTS) is 1. The lowest BCUT2D eigenvalue weighted by atomic mass is 10.1. The lowest BCUT2D eigenvalue weighted by molar-refractivity contribution is -0.131. The molecule has 3 N–H and O–H groups in total. The summed E-state index contributed by atoms with van der Waals surface area (Å²) in [6, 6.07) is 6.38. The van der Waals surface area contributed by atoms with E-state index in [4.69, 9.17) is 5.11 Å².